The molecule has 2 rings (SSSR count). The maximum atomic E-state index is 11.8. The summed E-state index contributed by atoms with van der Waals surface area (Å²) in [6, 6.07) is 7.46. The summed E-state index contributed by atoms with van der Waals surface area (Å²) in [5, 5.41) is 0.765. The molecule has 0 aliphatic rings. The zero-order valence-corrected chi connectivity index (χ0v) is 11.1. The topological polar surface area (TPSA) is 51.1 Å². The molecule has 0 saturated carbocycles. The molecule has 0 fully saturated rings. The molecule has 0 radical (unpaired) electrons. The number of fused-ring (bicyclic) bond motifs is 1. The summed E-state index contributed by atoms with van der Waals surface area (Å²) in [7, 11) is -0.346. The molecule has 1 aromatic heterocycles. The lowest BCUT2D eigenvalue weighted by atomic mass is 10.2. The van der Waals surface area contributed by atoms with Crippen molar-refractivity contribution in [1.29, 1.82) is 0 Å². The van der Waals surface area contributed by atoms with Crippen molar-refractivity contribution >= 4 is 33.1 Å². The first-order valence-electron chi connectivity index (χ1n) is 4.99. The van der Waals surface area contributed by atoms with Crippen molar-refractivity contribution in [2.24, 2.45) is 7.05 Å². The summed E-state index contributed by atoms with van der Waals surface area (Å²) in [4.78, 5) is 0.135. The Morgan fingerprint density at radius 3 is 2.59 bits per heavy atom. The minimum absolute atomic E-state index is 0.135. The minimum Gasteiger partial charge on any atom is -0.349 e. The van der Waals surface area contributed by atoms with E-state index in [0.717, 1.165) is 10.9 Å². The van der Waals surface area contributed by atoms with Crippen molar-refractivity contribution in [2.45, 2.75) is 4.90 Å². The second-order valence-electron chi connectivity index (χ2n) is 3.66. The number of aryl methyl sites for hydroxylation is 1. The number of pyridine rings is 1. The molecule has 2 aromatic rings. The van der Waals surface area contributed by atoms with Crippen molar-refractivity contribution in [1.82, 2.24) is 9.29 Å². The molecule has 1 heterocycles. The summed E-state index contributed by atoms with van der Waals surface area (Å²) in [6.45, 7) is 0. The van der Waals surface area contributed by atoms with Crippen molar-refractivity contribution in [3.63, 3.8) is 0 Å². The van der Waals surface area contributed by atoms with Gasteiger partial charge >= 0.3 is 0 Å². The molecule has 0 amide bonds. The van der Waals surface area contributed by atoms with Crippen LogP contribution in [0.1, 0.15) is 0 Å². The van der Waals surface area contributed by atoms with Gasteiger partial charge in [0.15, 0.2) is 0 Å². The number of nitrogens with one attached hydrogen (secondary N) is 1. The number of rotatable bonds is 2. The lowest BCUT2D eigenvalue weighted by Gasteiger charge is -2.10. The smallest absolute Gasteiger partial charge is 0.243 e. The Morgan fingerprint density at radius 1 is 1.29 bits per heavy atom. The van der Waals surface area contributed by atoms with E-state index in [1.807, 2.05) is 24.3 Å². The van der Waals surface area contributed by atoms with Crippen molar-refractivity contribution < 1.29 is 8.42 Å². The summed E-state index contributed by atoms with van der Waals surface area (Å²) < 4.78 is 28.0. The predicted octanol–water partition coefficient (Wildman–Crippen LogP) is 1.82. The van der Waals surface area contributed by atoms with Gasteiger partial charge in [-0.15, -0.1) is 0 Å². The molecule has 0 unspecified atom stereocenters. The fourth-order valence-corrected chi connectivity index (χ4v) is 3.14. The highest BCUT2D eigenvalue weighted by Crippen LogP contribution is 2.21. The Balaban J connectivity index is 2.96. The van der Waals surface area contributed by atoms with Crippen LogP contribution >= 0.6 is 12.2 Å². The third kappa shape index (κ3) is 1.99. The van der Waals surface area contributed by atoms with E-state index in [0.29, 0.717) is 4.51 Å². The third-order valence-electron chi connectivity index (χ3n) is 2.62. The quantitative estimate of drug-likeness (QED) is 0.845. The van der Waals surface area contributed by atoms with E-state index in [1.165, 1.54) is 13.2 Å². The summed E-state index contributed by atoms with van der Waals surface area (Å²) in [5.41, 5.74) is 0.910. The van der Waals surface area contributed by atoms with Gasteiger partial charge in [-0.1, -0.05) is 30.4 Å². The Morgan fingerprint density at radius 2 is 1.94 bits per heavy atom. The van der Waals surface area contributed by atoms with Gasteiger partial charge in [0.25, 0.3) is 0 Å². The van der Waals surface area contributed by atoms with Crippen LogP contribution < -0.4 is 4.72 Å². The van der Waals surface area contributed by atoms with Crippen LogP contribution in [0.5, 0.6) is 0 Å². The van der Waals surface area contributed by atoms with Crippen LogP contribution in [0.3, 0.4) is 0 Å². The zero-order valence-electron chi connectivity index (χ0n) is 9.47. The second-order valence-corrected chi connectivity index (χ2v) is 5.92. The van der Waals surface area contributed by atoms with Gasteiger partial charge < -0.3 is 4.57 Å². The molecule has 90 valence electrons. The standard InChI is InChI=1S/C11H12N2O2S2/c1-12-17(14,15)10-7-13(2)9-6-4-3-5-8(9)11(10)16/h3-7,12H,1-2H3. The molecule has 6 heteroatoms. The maximum absolute atomic E-state index is 11.8. The number of benzene rings is 1. The van der Waals surface area contributed by atoms with Crippen molar-refractivity contribution in [3.8, 4) is 0 Å². The Kier molecular flexibility index (Phi) is 3.03. The van der Waals surface area contributed by atoms with E-state index in [4.69, 9.17) is 12.2 Å². The number of para-hydroxylation sites is 1. The largest absolute Gasteiger partial charge is 0.349 e. The highest BCUT2D eigenvalue weighted by atomic mass is 32.2. The Hall–Kier alpha value is -1.24. The van der Waals surface area contributed by atoms with E-state index in [-0.39, 0.29) is 4.90 Å². The van der Waals surface area contributed by atoms with Crippen LogP contribution in [0.25, 0.3) is 10.9 Å². The monoisotopic (exact) mass is 268 g/mol. The molecule has 0 aliphatic heterocycles. The molecule has 17 heavy (non-hydrogen) atoms. The van der Waals surface area contributed by atoms with Crippen LogP contribution in [-0.2, 0) is 17.1 Å². The SMILES string of the molecule is CNS(=O)(=O)c1cn(C)c2ccccc2c1=S. The summed E-state index contributed by atoms with van der Waals surface area (Å²) in [5.74, 6) is 0. The van der Waals surface area contributed by atoms with Crippen LogP contribution in [-0.4, -0.2) is 20.0 Å². The fraction of sp³-hybridized carbons (Fsp3) is 0.182. The van der Waals surface area contributed by atoms with Gasteiger partial charge in [0.2, 0.25) is 10.0 Å². The molecule has 4 nitrogen and oxygen atoms in total. The number of nitrogens with zero attached hydrogens (tertiary/aromatic N) is 1. The molecule has 0 spiro atoms. The van der Waals surface area contributed by atoms with Gasteiger partial charge in [0, 0.05) is 24.1 Å². The van der Waals surface area contributed by atoms with Gasteiger partial charge in [-0.25, -0.2) is 13.1 Å². The molecule has 1 N–H and O–H groups in total. The molecule has 0 saturated heterocycles. The second kappa shape index (κ2) is 4.21. The normalized spacial score (nSPS) is 11.9. The van der Waals surface area contributed by atoms with Gasteiger partial charge in [-0.2, -0.15) is 0 Å². The average Bonchev–Trinajstić information content (AvgIpc) is 2.33. The average molecular weight is 268 g/mol. The highest BCUT2D eigenvalue weighted by Gasteiger charge is 2.16. The minimum atomic E-state index is -3.52. The third-order valence-corrected chi connectivity index (χ3v) is 4.62. The van der Waals surface area contributed by atoms with Gasteiger partial charge in [-0.3, -0.25) is 0 Å². The lowest BCUT2D eigenvalue weighted by molar-refractivity contribution is 0.587. The summed E-state index contributed by atoms with van der Waals surface area (Å²) in [6.07, 6.45) is 1.54. The number of hydrogen-bond donors (Lipinski definition) is 1. The number of hydrogen-bond acceptors (Lipinski definition) is 3. The van der Waals surface area contributed by atoms with Crippen LogP contribution in [0.4, 0.5) is 0 Å². The Bertz CT molecular complexity index is 733. The van der Waals surface area contributed by atoms with Gasteiger partial charge in [0.1, 0.15) is 4.90 Å². The molecular formula is C11H12N2O2S2. The van der Waals surface area contributed by atoms with Crippen LogP contribution in [0.2, 0.25) is 0 Å². The van der Waals surface area contributed by atoms with E-state index >= 15 is 0 Å². The molecular weight excluding hydrogens is 256 g/mol. The van der Waals surface area contributed by atoms with Gasteiger partial charge in [0.05, 0.1) is 4.51 Å². The van der Waals surface area contributed by atoms with E-state index in [2.05, 4.69) is 4.72 Å². The summed E-state index contributed by atoms with van der Waals surface area (Å²) >= 11 is 5.24. The predicted molar refractivity (Wildman–Crippen MR) is 70.0 cm³/mol. The zero-order chi connectivity index (χ0) is 12.6. The fourth-order valence-electron chi connectivity index (χ4n) is 1.71. The molecule has 1 aromatic carbocycles. The Labute approximate surface area is 105 Å². The highest BCUT2D eigenvalue weighted by molar-refractivity contribution is 7.89. The molecule has 0 bridgehead atoms. The lowest BCUT2D eigenvalue weighted by Crippen LogP contribution is -2.20. The molecule has 0 aliphatic carbocycles. The van der Waals surface area contributed by atoms with E-state index in [9.17, 15) is 8.42 Å². The number of aromatic nitrogens is 1. The van der Waals surface area contributed by atoms with Crippen molar-refractivity contribution in [3.05, 3.63) is 35.0 Å². The first-order valence-corrected chi connectivity index (χ1v) is 6.88. The van der Waals surface area contributed by atoms with Crippen molar-refractivity contribution in [2.75, 3.05) is 7.05 Å². The van der Waals surface area contributed by atoms with E-state index < -0.39 is 10.0 Å². The first kappa shape index (κ1) is 12.2. The van der Waals surface area contributed by atoms with Crippen LogP contribution in [0, 0.1) is 4.51 Å². The van der Waals surface area contributed by atoms with Gasteiger partial charge in [-0.05, 0) is 13.1 Å². The van der Waals surface area contributed by atoms with Crippen LogP contribution in [0.15, 0.2) is 35.4 Å². The van der Waals surface area contributed by atoms with E-state index in [1.54, 1.807) is 11.6 Å². The molecule has 0 atom stereocenters. The number of sulfonamides is 1. The maximum Gasteiger partial charge on any atom is 0.243 e. The first-order chi connectivity index (χ1) is 7.97.